The van der Waals surface area contributed by atoms with E-state index in [1.54, 1.807) is 19.2 Å². The number of hydrogen-bond acceptors (Lipinski definition) is 2. The fourth-order valence-corrected chi connectivity index (χ4v) is 2.93. The highest BCUT2D eigenvalue weighted by Crippen LogP contribution is 2.30. The van der Waals surface area contributed by atoms with Crippen molar-refractivity contribution in [3.8, 4) is 5.75 Å². The number of rotatable bonds is 2. The number of carbonyl (C=O) groups is 1. The Morgan fingerprint density at radius 2 is 1.86 bits per heavy atom. The van der Waals surface area contributed by atoms with Gasteiger partial charge in [0.1, 0.15) is 5.75 Å². The number of ether oxygens (including phenoxy) is 1. The van der Waals surface area contributed by atoms with Crippen LogP contribution in [0.3, 0.4) is 0 Å². The molecule has 1 aliphatic carbocycles. The average Bonchev–Trinajstić information content (AvgIpc) is 2.53. The van der Waals surface area contributed by atoms with Crippen LogP contribution in [-0.2, 0) is 6.42 Å². The maximum atomic E-state index is 12.6. The molecule has 0 aliphatic heterocycles. The van der Waals surface area contributed by atoms with Gasteiger partial charge in [0.25, 0.3) is 0 Å². The second-order valence-corrected chi connectivity index (χ2v) is 6.01. The number of carbonyl (C=O) groups excluding carboxylic acids is 1. The maximum Gasteiger partial charge on any atom is 0.189 e. The molecule has 3 rings (SSSR count). The Hall–Kier alpha value is -1.77. The van der Waals surface area contributed by atoms with Gasteiger partial charge in [-0.3, -0.25) is 4.79 Å². The number of hydrogen-bond donors (Lipinski definition) is 0. The average molecular weight is 333 g/mol. The number of aryl methyl sites for hydroxylation is 1. The topological polar surface area (TPSA) is 26.3 Å². The van der Waals surface area contributed by atoms with Gasteiger partial charge in [-0.1, -0.05) is 29.3 Å². The van der Waals surface area contributed by atoms with E-state index in [1.165, 1.54) is 0 Å². The molecule has 0 atom stereocenters. The van der Waals surface area contributed by atoms with Crippen LogP contribution in [0.5, 0.6) is 5.75 Å². The number of allylic oxidation sites excluding steroid dienone is 1. The molecule has 22 heavy (non-hydrogen) atoms. The minimum absolute atomic E-state index is 0.0648. The summed E-state index contributed by atoms with van der Waals surface area (Å²) in [6.45, 7) is 0. The first-order chi connectivity index (χ1) is 10.6. The van der Waals surface area contributed by atoms with Crippen LogP contribution in [0.25, 0.3) is 6.08 Å². The number of Topliss-reactive ketones (excluding diaryl/α,β-unsaturated/α-hetero) is 1. The SMILES string of the molecule is COc1ccc2c(c1)CCC(=Cc1ccc(Cl)c(Cl)c1)C2=O. The first-order valence-corrected chi connectivity index (χ1v) is 7.71. The number of methoxy groups -OCH3 is 1. The summed E-state index contributed by atoms with van der Waals surface area (Å²) in [5.74, 6) is 0.846. The summed E-state index contributed by atoms with van der Waals surface area (Å²) in [5.41, 5.74) is 3.46. The Bertz CT molecular complexity index is 779. The van der Waals surface area contributed by atoms with Crippen LogP contribution in [0, 0.1) is 0 Å². The van der Waals surface area contributed by atoms with Crippen molar-refractivity contribution in [3.63, 3.8) is 0 Å². The first-order valence-electron chi connectivity index (χ1n) is 6.95. The van der Waals surface area contributed by atoms with Gasteiger partial charge >= 0.3 is 0 Å². The molecule has 2 aromatic rings. The normalized spacial score (nSPS) is 15.8. The number of ketones is 1. The molecule has 0 spiro atoms. The van der Waals surface area contributed by atoms with E-state index in [-0.39, 0.29) is 5.78 Å². The van der Waals surface area contributed by atoms with Crippen molar-refractivity contribution in [2.75, 3.05) is 7.11 Å². The van der Waals surface area contributed by atoms with Gasteiger partial charge in [0, 0.05) is 11.1 Å². The summed E-state index contributed by atoms with van der Waals surface area (Å²) in [6.07, 6.45) is 3.42. The molecular weight excluding hydrogens is 319 g/mol. The standard InChI is InChI=1S/C18H14Cl2O2/c1-22-14-5-6-15-12(10-14)3-4-13(18(15)21)8-11-2-7-16(19)17(20)9-11/h2,5-10H,3-4H2,1H3. The molecule has 0 N–H and O–H groups in total. The van der Waals surface area contributed by atoms with Crippen LogP contribution in [0.2, 0.25) is 10.0 Å². The Kier molecular flexibility index (Phi) is 4.23. The predicted octanol–water partition coefficient (Wildman–Crippen LogP) is 5.21. The van der Waals surface area contributed by atoms with Gasteiger partial charge in [-0.2, -0.15) is 0 Å². The summed E-state index contributed by atoms with van der Waals surface area (Å²) in [7, 11) is 1.63. The highest BCUT2D eigenvalue weighted by atomic mass is 35.5. The van der Waals surface area contributed by atoms with Crippen molar-refractivity contribution in [3.05, 3.63) is 68.7 Å². The largest absolute Gasteiger partial charge is 0.497 e. The van der Waals surface area contributed by atoms with Crippen LogP contribution in [0.15, 0.2) is 42.0 Å². The van der Waals surface area contributed by atoms with Crippen LogP contribution in [-0.4, -0.2) is 12.9 Å². The lowest BCUT2D eigenvalue weighted by Gasteiger charge is -2.18. The molecule has 0 saturated carbocycles. The zero-order valence-corrected chi connectivity index (χ0v) is 13.5. The summed E-state index contributed by atoms with van der Waals surface area (Å²) < 4.78 is 5.21. The highest BCUT2D eigenvalue weighted by molar-refractivity contribution is 6.42. The van der Waals surface area contributed by atoms with E-state index in [9.17, 15) is 4.79 Å². The predicted molar refractivity (Wildman–Crippen MR) is 90.1 cm³/mol. The zero-order valence-electron chi connectivity index (χ0n) is 12.0. The van der Waals surface area contributed by atoms with Gasteiger partial charge in [0.15, 0.2) is 5.78 Å². The third kappa shape index (κ3) is 2.90. The molecule has 0 saturated heterocycles. The van der Waals surface area contributed by atoms with Gasteiger partial charge in [-0.15, -0.1) is 0 Å². The first kappa shape index (κ1) is 15.1. The molecule has 4 heteroatoms. The summed E-state index contributed by atoms with van der Waals surface area (Å²) in [4.78, 5) is 12.6. The van der Waals surface area contributed by atoms with Gasteiger partial charge in [0.05, 0.1) is 17.2 Å². The molecule has 0 aromatic heterocycles. The van der Waals surface area contributed by atoms with Crippen LogP contribution in [0.4, 0.5) is 0 Å². The molecule has 0 amide bonds. The molecular formula is C18H14Cl2O2. The minimum Gasteiger partial charge on any atom is -0.497 e. The maximum absolute atomic E-state index is 12.6. The number of fused-ring (bicyclic) bond motifs is 1. The third-order valence-electron chi connectivity index (χ3n) is 3.80. The van der Waals surface area contributed by atoms with Crippen molar-refractivity contribution in [2.24, 2.45) is 0 Å². The van der Waals surface area contributed by atoms with Gasteiger partial charge in [0.2, 0.25) is 0 Å². The van der Waals surface area contributed by atoms with Gasteiger partial charge in [-0.05, 0) is 60.4 Å². The van der Waals surface area contributed by atoms with E-state index in [0.717, 1.165) is 34.4 Å². The lowest BCUT2D eigenvalue weighted by Crippen LogP contribution is -2.14. The molecule has 0 heterocycles. The Morgan fingerprint density at radius 3 is 2.59 bits per heavy atom. The van der Waals surface area contributed by atoms with Crippen molar-refractivity contribution in [1.29, 1.82) is 0 Å². The smallest absolute Gasteiger partial charge is 0.189 e. The van der Waals surface area contributed by atoms with Crippen molar-refractivity contribution < 1.29 is 9.53 Å². The highest BCUT2D eigenvalue weighted by Gasteiger charge is 2.22. The molecule has 112 valence electrons. The van der Waals surface area contributed by atoms with Crippen LogP contribution in [0.1, 0.15) is 27.9 Å². The van der Waals surface area contributed by atoms with Crippen LogP contribution < -0.4 is 4.74 Å². The lowest BCUT2D eigenvalue weighted by molar-refractivity contribution is 0.102. The van der Waals surface area contributed by atoms with E-state index in [0.29, 0.717) is 16.5 Å². The summed E-state index contributed by atoms with van der Waals surface area (Å²) >= 11 is 11.9. The Labute approximate surface area is 139 Å². The number of halogens is 2. The van der Waals surface area contributed by atoms with Crippen molar-refractivity contribution >= 4 is 35.1 Å². The summed E-state index contributed by atoms with van der Waals surface area (Å²) in [6, 6.07) is 11.0. The molecule has 0 unspecified atom stereocenters. The molecule has 0 bridgehead atoms. The van der Waals surface area contributed by atoms with E-state index in [1.807, 2.05) is 30.3 Å². The van der Waals surface area contributed by atoms with Crippen molar-refractivity contribution in [2.45, 2.75) is 12.8 Å². The Morgan fingerprint density at radius 1 is 1.05 bits per heavy atom. The monoisotopic (exact) mass is 332 g/mol. The minimum atomic E-state index is 0.0648. The van der Waals surface area contributed by atoms with Gasteiger partial charge in [-0.25, -0.2) is 0 Å². The molecule has 0 fully saturated rings. The number of benzene rings is 2. The summed E-state index contributed by atoms with van der Waals surface area (Å²) in [5, 5.41) is 1.00. The fraction of sp³-hybridized carbons (Fsp3) is 0.167. The van der Waals surface area contributed by atoms with Crippen LogP contribution >= 0.6 is 23.2 Å². The zero-order chi connectivity index (χ0) is 15.7. The molecule has 2 aromatic carbocycles. The van der Waals surface area contributed by atoms with Crippen molar-refractivity contribution in [1.82, 2.24) is 0 Å². The third-order valence-corrected chi connectivity index (χ3v) is 4.54. The molecule has 2 nitrogen and oxygen atoms in total. The molecule has 0 radical (unpaired) electrons. The van der Waals surface area contributed by atoms with E-state index in [4.69, 9.17) is 27.9 Å². The lowest BCUT2D eigenvalue weighted by atomic mass is 9.86. The van der Waals surface area contributed by atoms with E-state index in [2.05, 4.69) is 0 Å². The second-order valence-electron chi connectivity index (χ2n) is 5.20. The Balaban J connectivity index is 1.95. The van der Waals surface area contributed by atoms with E-state index >= 15 is 0 Å². The fourth-order valence-electron chi connectivity index (χ4n) is 2.62. The molecule has 1 aliphatic rings. The van der Waals surface area contributed by atoms with Gasteiger partial charge < -0.3 is 4.74 Å². The van der Waals surface area contributed by atoms with E-state index < -0.39 is 0 Å². The quantitative estimate of drug-likeness (QED) is 0.705. The second kappa shape index (κ2) is 6.15.